The number of aromatic nitrogens is 1. The molecule has 1 aromatic rings. The Labute approximate surface area is 273 Å². The molecule has 1 aromatic heterocycles. The van der Waals surface area contributed by atoms with Crippen LogP contribution in [0.1, 0.15) is 158 Å². The summed E-state index contributed by atoms with van der Waals surface area (Å²) in [6.07, 6.45) is 33.1. The van der Waals surface area contributed by atoms with Gasteiger partial charge in [-0.25, -0.2) is 4.58 Å². The van der Waals surface area contributed by atoms with E-state index in [9.17, 15) is 9.90 Å². The van der Waals surface area contributed by atoms with Gasteiger partial charge in [0.2, 0.25) is 5.71 Å². The second-order valence-corrected chi connectivity index (χ2v) is 14.0. The summed E-state index contributed by atoms with van der Waals surface area (Å²) in [6.45, 7) is 10.6. The summed E-state index contributed by atoms with van der Waals surface area (Å²) < 4.78 is 6.88. The molecule has 6 heteroatoms. The van der Waals surface area contributed by atoms with E-state index < -0.39 is 5.92 Å². The van der Waals surface area contributed by atoms with Crippen molar-refractivity contribution >= 4 is 34.8 Å². The number of nitrogens with zero attached hydrogens (tertiary/aromatic N) is 3. The SMILES string of the molecule is CCCCCCCCCCCC[N+](CCCCCCCCCCCC)=C1C=CC(C2C(=O)C(c3snc(C)c3C)=C2O)N=C1. The van der Waals surface area contributed by atoms with E-state index in [1.165, 1.54) is 140 Å². The Morgan fingerprint density at radius 3 is 1.61 bits per heavy atom. The van der Waals surface area contributed by atoms with Crippen LogP contribution in [0.15, 0.2) is 22.9 Å². The van der Waals surface area contributed by atoms with Gasteiger partial charge in [-0.15, -0.1) is 0 Å². The number of aliphatic imine (C=N–C) groups is 1. The minimum absolute atomic E-state index is 0.0166. The molecule has 0 saturated carbocycles. The summed E-state index contributed by atoms with van der Waals surface area (Å²) in [5, 5.41) is 10.9. The van der Waals surface area contributed by atoms with Crippen LogP contribution in [0, 0.1) is 19.8 Å². The zero-order chi connectivity index (χ0) is 31.6. The molecule has 0 bridgehead atoms. The first-order valence-electron chi connectivity index (χ1n) is 18.2. The molecular formula is C38H62N3O2S+. The van der Waals surface area contributed by atoms with Crippen molar-refractivity contribution in [3.63, 3.8) is 0 Å². The van der Waals surface area contributed by atoms with Crippen molar-refractivity contribution in [3.8, 4) is 0 Å². The van der Waals surface area contributed by atoms with E-state index in [0.717, 1.165) is 34.9 Å². The van der Waals surface area contributed by atoms with Gasteiger partial charge in [0.05, 0.1) is 28.4 Å². The lowest BCUT2D eigenvalue weighted by Crippen LogP contribution is -2.39. The highest BCUT2D eigenvalue weighted by Gasteiger charge is 2.46. The molecular weight excluding hydrogens is 563 g/mol. The molecule has 1 aliphatic heterocycles. The number of rotatable bonds is 24. The summed E-state index contributed by atoms with van der Waals surface area (Å²) in [5.41, 5.74) is 3.50. The van der Waals surface area contributed by atoms with Gasteiger partial charge >= 0.3 is 0 Å². The third kappa shape index (κ3) is 11.4. The van der Waals surface area contributed by atoms with Gasteiger partial charge in [-0.2, -0.15) is 4.37 Å². The van der Waals surface area contributed by atoms with E-state index in [0.29, 0.717) is 5.57 Å². The van der Waals surface area contributed by atoms with Crippen LogP contribution in [0.5, 0.6) is 0 Å². The molecule has 0 radical (unpaired) electrons. The molecule has 0 amide bonds. The number of carbonyl (C=O) groups is 1. The number of carbonyl (C=O) groups excluding carboxylic acids is 1. The van der Waals surface area contributed by atoms with Crippen molar-refractivity contribution in [3.05, 3.63) is 34.0 Å². The fourth-order valence-electron chi connectivity index (χ4n) is 6.46. The molecule has 2 unspecified atom stereocenters. The number of unbranched alkanes of at least 4 members (excludes halogenated alkanes) is 18. The number of hydrogen-bond donors (Lipinski definition) is 1. The molecule has 2 aliphatic rings. The summed E-state index contributed by atoms with van der Waals surface area (Å²) in [4.78, 5) is 18.7. The number of ketones is 1. The van der Waals surface area contributed by atoms with E-state index in [2.05, 4.69) is 28.9 Å². The van der Waals surface area contributed by atoms with Gasteiger partial charge in [0.1, 0.15) is 24.8 Å². The number of aryl methyl sites for hydroxylation is 1. The van der Waals surface area contributed by atoms with Crippen molar-refractivity contribution in [2.45, 2.75) is 162 Å². The normalized spacial score (nSPS) is 18.0. The van der Waals surface area contributed by atoms with Gasteiger partial charge in [-0.1, -0.05) is 123 Å². The van der Waals surface area contributed by atoms with E-state index in [1.807, 2.05) is 26.1 Å². The first-order valence-corrected chi connectivity index (χ1v) is 19.0. The van der Waals surface area contributed by atoms with E-state index in [-0.39, 0.29) is 17.6 Å². The van der Waals surface area contributed by atoms with Crippen LogP contribution in [0.3, 0.4) is 0 Å². The Kier molecular flexibility index (Phi) is 17.2. The maximum Gasteiger partial charge on any atom is 0.217 e. The number of dihydropyridines is 1. The van der Waals surface area contributed by atoms with Gasteiger partial charge in [-0.05, 0) is 43.8 Å². The highest BCUT2D eigenvalue weighted by Crippen LogP contribution is 2.42. The largest absolute Gasteiger partial charge is 0.511 e. The van der Waals surface area contributed by atoms with Gasteiger partial charge < -0.3 is 5.11 Å². The molecule has 5 nitrogen and oxygen atoms in total. The average molecular weight is 625 g/mol. The Balaban J connectivity index is 1.50. The number of aliphatic hydroxyl groups excluding tert-OH is 1. The predicted molar refractivity (Wildman–Crippen MR) is 190 cm³/mol. The summed E-state index contributed by atoms with van der Waals surface area (Å²) in [6, 6.07) is -0.333. The van der Waals surface area contributed by atoms with Crippen LogP contribution >= 0.6 is 11.5 Å². The molecule has 246 valence electrons. The smallest absolute Gasteiger partial charge is 0.217 e. The molecule has 2 heterocycles. The molecule has 1 N–H and O–H groups in total. The first kappa shape index (κ1) is 36.4. The van der Waals surface area contributed by atoms with Crippen molar-refractivity contribution in [2.24, 2.45) is 10.9 Å². The number of Topliss-reactive ketones (excluding diaryl/α,β-unsaturated/α-hetero) is 1. The van der Waals surface area contributed by atoms with Crippen LogP contribution in [-0.4, -0.2) is 50.9 Å². The summed E-state index contributed by atoms with van der Waals surface area (Å²) >= 11 is 1.30. The zero-order valence-corrected chi connectivity index (χ0v) is 29.4. The molecule has 44 heavy (non-hydrogen) atoms. The van der Waals surface area contributed by atoms with Crippen LogP contribution in [0.25, 0.3) is 5.57 Å². The average Bonchev–Trinajstić information content (AvgIpc) is 3.35. The number of hydrogen-bond acceptors (Lipinski definition) is 5. The van der Waals surface area contributed by atoms with Crippen molar-refractivity contribution in [1.82, 2.24) is 4.37 Å². The third-order valence-electron chi connectivity index (χ3n) is 9.58. The van der Waals surface area contributed by atoms with E-state index >= 15 is 0 Å². The predicted octanol–water partition coefficient (Wildman–Crippen LogP) is 10.5. The minimum atomic E-state index is -0.571. The topological polar surface area (TPSA) is 65.6 Å². The molecule has 1 aliphatic carbocycles. The lowest BCUT2D eigenvalue weighted by Gasteiger charge is -2.31. The van der Waals surface area contributed by atoms with Gasteiger partial charge in [0, 0.05) is 18.9 Å². The van der Waals surface area contributed by atoms with Crippen LogP contribution in [-0.2, 0) is 4.79 Å². The molecule has 0 fully saturated rings. The maximum absolute atomic E-state index is 13.1. The Morgan fingerprint density at radius 2 is 1.23 bits per heavy atom. The first-order chi connectivity index (χ1) is 21.5. The maximum atomic E-state index is 13.1. The highest BCUT2D eigenvalue weighted by atomic mass is 32.1. The standard InChI is InChI=1S/C38H61N3O2S/c1-5-7-9-11-13-15-17-19-21-23-27-41(28-24-22-20-18-16-14-12-10-8-6-2)32-25-26-33(39-29-32)34-36(42)35(37(34)43)38-30(3)31(4)40-44-38/h25-26,29,33-34H,5-24,27-28H2,1-4H3/p+1. The molecule has 0 aromatic carbocycles. The fraction of sp³-hybridized carbons (Fsp3) is 0.737. The zero-order valence-electron chi connectivity index (χ0n) is 28.5. The Morgan fingerprint density at radius 1 is 0.750 bits per heavy atom. The number of aliphatic hydroxyl groups is 1. The van der Waals surface area contributed by atoms with Crippen molar-refractivity contribution < 1.29 is 14.5 Å². The molecule has 3 rings (SSSR count). The Hall–Kier alpha value is -2.08. The van der Waals surface area contributed by atoms with Crippen LogP contribution in [0.4, 0.5) is 0 Å². The summed E-state index contributed by atoms with van der Waals surface area (Å²) in [5.74, 6) is -0.417. The van der Waals surface area contributed by atoms with Crippen molar-refractivity contribution in [2.75, 3.05) is 13.1 Å². The quantitative estimate of drug-likeness (QED) is 0.0919. The van der Waals surface area contributed by atoms with Gasteiger partial charge in [0.25, 0.3) is 0 Å². The van der Waals surface area contributed by atoms with Crippen molar-refractivity contribution in [1.29, 1.82) is 0 Å². The lowest BCUT2D eigenvalue weighted by atomic mass is 9.76. The second kappa shape index (κ2) is 20.9. The van der Waals surface area contributed by atoms with E-state index in [1.54, 1.807) is 0 Å². The van der Waals surface area contributed by atoms with Crippen LogP contribution < -0.4 is 0 Å². The van der Waals surface area contributed by atoms with Gasteiger partial charge in [0.15, 0.2) is 5.78 Å². The molecule has 2 atom stereocenters. The Bertz CT molecular complexity index is 1090. The minimum Gasteiger partial charge on any atom is -0.511 e. The third-order valence-corrected chi connectivity index (χ3v) is 10.6. The molecule has 0 saturated heterocycles. The van der Waals surface area contributed by atoms with Crippen LogP contribution in [0.2, 0.25) is 0 Å². The fourth-order valence-corrected chi connectivity index (χ4v) is 7.41. The monoisotopic (exact) mass is 624 g/mol. The molecule has 0 spiro atoms. The lowest BCUT2D eigenvalue weighted by molar-refractivity contribution is -0.526. The number of allylic oxidation sites excluding steroid dienone is 2. The second-order valence-electron chi connectivity index (χ2n) is 13.2. The highest BCUT2D eigenvalue weighted by molar-refractivity contribution is 7.07. The van der Waals surface area contributed by atoms with E-state index in [4.69, 9.17) is 4.99 Å². The van der Waals surface area contributed by atoms with Gasteiger partial charge in [-0.3, -0.25) is 9.79 Å². The summed E-state index contributed by atoms with van der Waals surface area (Å²) in [7, 11) is 0.